The summed E-state index contributed by atoms with van der Waals surface area (Å²) in [6.45, 7) is 4.66. The molecule has 2 aromatic carbocycles. The van der Waals surface area contributed by atoms with E-state index >= 15 is 0 Å². The highest BCUT2D eigenvalue weighted by atomic mass is 32.2. The molecule has 4 N–H and O–H groups in total. The molecule has 1 fully saturated rings. The molecule has 1 aromatic heterocycles. The highest BCUT2D eigenvalue weighted by molar-refractivity contribution is 7.90. The Kier molecular flexibility index (Phi) is 5.92. The standard InChI is InChI=1S/C27H33N3O4S/c1-27(2)14-24-25(21-5-3-4-6-23(21)30(24)35(33,34)16-27)18-9-12-20(26(28)32)22(13-18)29-15-17-7-10-19(31)11-8-17/h3-6,9,12-13,17,19,29,31H,7-8,10-11,14-16H2,1-2H3,(H2,28,32). The Labute approximate surface area is 206 Å². The number of anilines is 1. The number of nitrogens with one attached hydrogen (secondary N) is 1. The number of carbonyl (C=O) groups excluding carboxylic acids is 1. The van der Waals surface area contributed by atoms with Gasteiger partial charge >= 0.3 is 0 Å². The van der Waals surface area contributed by atoms with Gasteiger partial charge in [0.1, 0.15) is 0 Å². The van der Waals surface area contributed by atoms with Crippen molar-refractivity contribution in [1.82, 2.24) is 3.97 Å². The third-order valence-electron chi connectivity index (χ3n) is 7.39. The van der Waals surface area contributed by atoms with E-state index in [1.807, 2.05) is 50.2 Å². The molecule has 0 bridgehead atoms. The molecule has 0 spiro atoms. The number of aromatic nitrogens is 1. The first-order valence-corrected chi connectivity index (χ1v) is 13.9. The molecule has 2 heterocycles. The smallest absolute Gasteiger partial charge is 0.250 e. The monoisotopic (exact) mass is 495 g/mol. The van der Waals surface area contributed by atoms with Crippen molar-refractivity contribution in [2.45, 2.75) is 52.1 Å². The zero-order valence-electron chi connectivity index (χ0n) is 20.3. The summed E-state index contributed by atoms with van der Waals surface area (Å²) < 4.78 is 28.2. The van der Waals surface area contributed by atoms with Gasteiger partial charge in [0.2, 0.25) is 10.0 Å². The minimum absolute atomic E-state index is 0.0919. The van der Waals surface area contributed by atoms with Crippen LogP contribution in [0.15, 0.2) is 42.5 Å². The fourth-order valence-corrected chi connectivity index (χ4v) is 7.96. The minimum Gasteiger partial charge on any atom is -0.393 e. The van der Waals surface area contributed by atoms with Crippen LogP contribution in [0.1, 0.15) is 55.6 Å². The average Bonchev–Trinajstić information content (AvgIpc) is 3.11. The summed E-state index contributed by atoms with van der Waals surface area (Å²) in [5, 5.41) is 14.1. The lowest BCUT2D eigenvalue weighted by atomic mass is 9.86. The van der Waals surface area contributed by atoms with Gasteiger partial charge in [-0.05, 0) is 67.2 Å². The Hall–Kier alpha value is -2.84. The van der Waals surface area contributed by atoms with E-state index in [1.54, 1.807) is 6.07 Å². The second kappa shape index (κ2) is 8.68. The molecule has 1 aliphatic carbocycles. The number of fused-ring (bicyclic) bond motifs is 3. The van der Waals surface area contributed by atoms with Crippen molar-refractivity contribution in [2.75, 3.05) is 17.6 Å². The summed E-state index contributed by atoms with van der Waals surface area (Å²) in [7, 11) is -3.52. The van der Waals surface area contributed by atoms with Crippen LogP contribution in [0.25, 0.3) is 22.0 Å². The zero-order valence-corrected chi connectivity index (χ0v) is 21.1. The Bertz CT molecular complexity index is 1400. The number of primary amides is 1. The Morgan fingerprint density at radius 2 is 1.86 bits per heavy atom. The number of aliphatic hydroxyl groups excluding tert-OH is 1. The van der Waals surface area contributed by atoms with Gasteiger partial charge in [-0.25, -0.2) is 12.4 Å². The lowest BCUT2D eigenvalue weighted by Crippen LogP contribution is -2.36. The number of amides is 1. The number of para-hydroxylation sites is 1. The zero-order chi connectivity index (χ0) is 25.0. The number of nitrogens with zero attached hydrogens (tertiary/aromatic N) is 1. The molecule has 0 radical (unpaired) electrons. The van der Waals surface area contributed by atoms with Gasteiger partial charge in [-0.15, -0.1) is 0 Å². The molecule has 8 heteroatoms. The summed E-state index contributed by atoms with van der Waals surface area (Å²) in [6.07, 6.45) is 3.87. The normalized spacial score (nSPS) is 23.1. The third-order valence-corrected chi connectivity index (χ3v) is 9.51. The van der Waals surface area contributed by atoms with E-state index in [9.17, 15) is 18.3 Å². The maximum atomic E-state index is 13.3. The molecule has 0 saturated heterocycles. The first-order valence-electron chi connectivity index (χ1n) is 12.3. The Morgan fingerprint density at radius 3 is 2.57 bits per heavy atom. The van der Waals surface area contributed by atoms with Gasteiger partial charge in [0.05, 0.1) is 22.9 Å². The second-order valence-corrected chi connectivity index (χ2v) is 12.7. The quantitative estimate of drug-likeness (QED) is 0.492. The predicted octanol–water partition coefficient (Wildman–Crippen LogP) is 4.13. The molecule has 1 saturated carbocycles. The topological polar surface area (TPSA) is 114 Å². The molecular formula is C27H33N3O4S. The fraction of sp³-hybridized carbons (Fsp3) is 0.444. The molecule has 0 atom stereocenters. The van der Waals surface area contributed by atoms with Crippen LogP contribution in [0, 0.1) is 11.3 Å². The summed E-state index contributed by atoms with van der Waals surface area (Å²) in [5.74, 6) is -0.00312. The van der Waals surface area contributed by atoms with Crippen LogP contribution < -0.4 is 11.1 Å². The molecule has 3 aromatic rings. The molecule has 1 amide bonds. The molecule has 0 unspecified atom stereocenters. The van der Waals surface area contributed by atoms with Crippen LogP contribution in [-0.4, -0.2) is 41.8 Å². The molecule has 186 valence electrons. The summed E-state index contributed by atoms with van der Waals surface area (Å²) in [5.41, 5.74) is 9.57. The van der Waals surface area contributed by atoms with E-state index in [0.29, 0.717) is 35.7 Å². The van der Waals surface area contributed by atoms with Gasteiger partial charge in [-0.3, -0.25) is 4.79 Å². The maximum absolute atomic E-state index is 13.3. The predicted molar refractivity (Wildman–Crippen MR) is 139 cm³/mol. The number of carbonyl (C=O) groups is 1. The summed E-state index contributed by atoms with van der Waals surface area (Å²) in [6, 6.07) is 13.1. The van der Waals surface area contributed by atoms with Crippen LogP contribution in [0.4, 0.5) is 5.69 Å². The molecule has 2 aliphatic rings. The fourth-order valence-electron chi connectivity index (χ4n) is 5.79. The number of nitrogens with two attached hydrogens (primary N) is 1. The number of hydrogen-bond donors (Lipinski definition) is 3. The lowest BCUT2D eigenvalue weighted by Gasteiger charge is -2.31. The number of benzene rings is 2. The van der Waals surface area contributed by atoms with Crippen molar-refractivity contribution in [3.05, 3.63) is 53.7 Å². The van der Waals surface area contributed by atoms with Crippen LogP contribution >= 0.6 is 0 Å². The van der Waals surface area contributed by atoms with Crippen molar-refractivity contribution >= 4 is 32.5 Å². The molecule has 1 aliphatic heterocycles. The van der Waals surface area contributed by atoms with Crippen molar-refractivity contribution in [3.63, 3.8) is 0 Å². The largest absolute Gasteiger partial charge is 0.393 e. The highest BCUT2D eigenvalue weighted by Gasteiger charge is 2.38. The van der Waals surface area contributed by atoms with E-state index < -0.39 is 21.3 Å². The van der Waals surface area contributed by atoms with Crippen molar-refractivity contribution in [2.24, 2.45) is 17.1 Å². The molecule has 5 rings (SSSR count). The van der Waals surface area contributed by atoms with Crippen LogP contribution in [0.5, 0.6) is 0 Å². The SMILES string of the molecule is CC1(C)Cc2c(-c3ccc(C(N)=O)c(NCC4CCC(O)CC4)c3)c3ccccc3n2S(=O)(=O)C1. The second-order valence-electron chi connectivity index (χ2n) is 10.9. The maximum Gasteiger partial charge on any atom is 0.250 e. The number of aliphatic hydroxyl groups is 1. The third kappa shape index (κ3) is 4.45. The van der Waals surface area contributed by atoms with Gasteiger partial charge in [0.15, 0.2) is 0 Å². The van der Waals surface area contributed by atoms with E-state index in [1.165, 1.54) is 3.97 Å². The molecule has 35 heavy (non-hydrogen) atoms. The van der Waals surface area contributed by atoms with Crippen LogP contribution in [0.2, 0.25) is 0 Å². The number of hydrogen-bond acceptors (Lipinski definition) is 5. The lowest BCUT2D eigenvalue weighted by molar-refractivity contribution is 0.100. The summed E-state index contributed by atoms with van der Waals surface area (Å²) >= 11 is 0. The molecular weight excluding hydrogens is 462 g/mol. The Balaban J connectivity index is 1.61. The van der Waals surface area contributed by atoms with Crippen LogP contribution in [0.3, 0.4) is 0 Å². The van der Waals surface area contributed by atoms with Gasteiger partial charge in [-0.1, -0.05) is 38.1 Å². The minimum atomic E-state index is -3.52. The van der Waals surface area contributed by atoms with Gasteiger partial charge < -0.3 is 16.2 Å². The number of rotatable bonds is 5. The van der Waals surface area contributed by atoms with Crippen molar-refractivity contribution in [1.29, 1.82) is 0 Å². The van der Waals surface area contributed by atoms with E-state index in [2.05, 4.69) is 5.32 Å². The van der Waals surface area contributed by atoms with E-state index in [4.69, 9.17) is 5.73 Å². The molecule has 7 nitrogen and oxygen atoms in total. The first-order chi connectivity index (χ1) is 16.6. The van der Waals surface area contributed by atoms with Crippen LogP contribution in [-0.2, 0) is 16.4 Å². The first kappa shape index (κ1) is 23.9. The highest BCUT2D eigenvalue weighted by Crippen LogP contribution is 2.43. The van der Waals surface area contributed by atoms with Crippen molar-refractivity contribution in [3.8, 4) is 11.1 Å². The van der Waals surface area contributed by atoms with Gasteiger partial charge in [-0.2, -0.15) is 0 Å². The average molecular weight is 496 g/mol. The Morgan fingerprint density at radius 1 is 1.14 bits per heavy atom. The summed E-state index contributed by atoms with van der Waals surface area (Å²) in [4.78, 5) is 12.2. The van der Waals surface area contributed by atoms with Gasteiger partial charge in [0.25, 0.3) is 5.91 Å². The van der Waals surface area contributed by atoms with Crippen molar-refractivity contribution < 1.29 is 18.3 Å². The van der Waals surface area contributed by atoms with E-state index in [0.717, 1.165) is 47.9 Å². The van der Waals surface area contributed by atoms with Gasteiger partial charge in [0, 0.05) is 28.9 Å². The van der Waals surface area contributed by atoms with E-state index in [-0.39, 0.29) is 11.9 Å².